The van der Waals surface area contributed by atoms with Gasteiger partial charge in [-0.3, -0.25) is 4.79 Å². The van der Waals surface area contributed by atoms with Crippen molar-refractivity contribution in [2.75, 3.05) is 19.9 Å². The molecule has 1 amide bonds. The highest BCUT2D eigenvalue weighted by molar-refractivity contribution is 7.90. The summed E-state index contributed by atoms with van der Waals surface area (Å²) >= 11 is 0. The zero-order chi connectivity index (χ0) is 19.8. The van der Waals surface area contributed by atoms with E-state index in [1.807, 2.05) is 0 Å². The van der Waals surface area contributed by atoms with Gasteiger partial charge in [-0.2, -0.15) is 0 Å². The van der Waals surface area contributed by atoms with Crippen LogP contribution >= 0.6 is 0 Å². The number of hydrogen-bond acceptors (Lipinski definition) is 4. The number of benzene rings is 2. The molecule has 0 bridgehead atoms. The molecule has 1 aliphatic rings. The molecule has 6 heteroatoms. The molecule has 0 spiro atoms. The van der Waals surface area contributed by atoms with E-state index in [9.17, 15) is 13.2 Å². The van der Waals surface area contributed by atoms with E-state index in [0.717, 1.165) is 18.2 Å². The number of hydrogen-bond donors (Lipinski definition) is 0. The van der Waals surface area contributed by atoms with Crippen LogP contribution in [0.1, 0.15) is 46.8 Å². The van der Waals surface area contributed by atoms with E-state index in [2.05, 4.69) is 32.0 Å². The molecule has 0 aliphatic carbocycles. The number of methoxy groups -OCH3 is 1. The van der Waals surface area contributed by atoms with E-state index in [0.29, 0.717) is 24.6 Å². The smallest absolute Gasteiger partial charge is 0.254 e. The van der Waals surface area contributed by atoms with Crippen molar-refractivity contribution >= 4 is 15.7 Å². The second-order valence-electron chi connectivity index (χ2n) is 7.30. The molecule has 144 valence electrons. The van der Waals surface area contributed by atoms with Crippen molar-refractivity contribution in [2.24, 2.45) is 0 Å². The minimum Gasteiger partial charge on any atom is -0.495 e. The summed E-state index contributed by atoms with van der Waals surface area (Å²) in [6.07, 6.45) is 1.91. The Labute approximate surface area is 160 Å². The molecule has 1 aliphatic heterocycles. The van der Waals surface area contributed by atoms with Crippen LogP contribution in [0.4, 0.5) is 0 Å². The van der Waals surface area contributed by atoms with Crippen molar-refractivity contribution in [1.82, 2.24) is 4.90 Å². The van der Waals surface area contributed by atoms with Crippen LogP contribution in [0.5, 0.6) is 5.75 Å². The molecule has 27 heavy (non-hydrogen) atoms. The van der Waals surface area contributed by atoms with E-state index < -0.39 is 9.84 Å². The van der Waals surface area contributed by atoms with Crippen molar-refractivity contribution < 1.29 is 17.9 Å². The summed E-state index contributed by atoms with van der Waals surface area (Å²) in [7, 11) is -2.08. The Hall–Kier alpha value is -2.34. The van der Waals surface area contributed by atoms with Gasteiger partial charge in [0.25, 0.3) is 5.91 Å². The summed E-state index contributed by atoms with van der Waals surface area (Å²) in [4.78, 5) is 14.8. The molecule has 5 nitrogen and oxygen atoms in total. The van der Waals surface area contributed by atoms with Gasteiger partial charge in [0.05, 0.1) is 7.11 Å². The van der Waals surface area contributed by atoms with E-state index in [4.69, 9.17) is 4.74 Å². The zero-order valence-corrected chi connectivity index (χ0v) is 17.0. The summed E-state index contributed by atoms with van der Waals surface area (Å²) in [5.41, 5.74) is 4.05. The Morgan fingerprint density at radius 2 is 1.85 bits per heavy atom. The van der Waals surface area contributed by atoms with Crippen LogP contribution in [-0.2, 0) is 22.8 Å². The van der Waals surface area contributed by atoms with Gasteiger partial charge in [-0.1, -0.05) is 32.0 Å². The van der Waals surface area contributed by atoms with Crippen molar-refractivity contribution in [3.8, 4) is 5.75 Å². The van der Waals surface area contributed by atoms with Gasteiger partial charge in [0.1, 0.15) is 10.6 Å². The number of sulfone groups is 1. The van der Waals surface area contributed by atoms with Gasteiger partial charge < -0.3 is 9.64 Å². The Balaban J connectivity index is 1.90. The summed E-state index contributed by atoms with van der Waals surface area (Å²) in [6, 6.07) is 11.1. The van der Waals surface area contributed by atoms with Gasteiger partial charge in [-0.05, 0) is 47.2 Å². The number of fused-ring (bicyclic) bond motifs is 1. The highest BCUT2D eigenvalue weighted by Crippen LogP contribution is 2.28. The molecule has 0 aromatic heterocycles. The molecule has 3 rings (SSSR count). The summed E-state index contributed by atoms with van der Waals surface area (Å²) in [5.74, 6) is 0.517. The van der Waals surface area contributed by atoms with Gasteiger partial charge in [-0.25, -0.2) is 8.42 Å². The van der Waals surface area contributed by atoms with E-state index in [-0.39, 0.29) is 16.6 Å². The SMILES string of the molecule is COc1ccc(C(=O)N2CCc3ccc(C(C)C)cc3C2)cc1S(C)(=O)=O. The number of carbonyl (C=O) groups excluding carboxylic acids is 1. The molecule has 0 unspecified atom stereocenters. The fraction of sp³-hybridized carbons (Fsp3) is 0.381. The number of carbonyl (C=O) groups is 1. The van der Waals surface area contributed by atoms with Crippen LogP contribution in [0.3, 0.4) is 0 Å². The molecule has 0 fully saturated rings. The fourth-order valence-electron chi connectivity index (χ4n) is 3.39. The lowest BCUT2D eigenvalue weighted by Crippen LogP contribution is -2.36. The standard InChI is InChI=1S/C21H25NO4S/c1-14(2)16-6-5-15-9-10-22(13-18(15)11-16)21(23)17-7-8-19(26-3)20(12-17)27(4,24)25/h5-8,11-12,14H,9-10,13H2,1-4H3. The van der Waals surface area contributed by atoms with Crippen LogP contribution in [0.25, 0.3) is 0 Å². The van der Waals surface area contributed by atoms with E-state index >= 15 is 0 Å². The maximum atomic E-state index is 13.0. The monoisotopic (exact) mass is 387 g/mol. The minimum absolute atomic E-state index is 0.0374. The molecule has 1 heterocycles. The van der Waals surface area contributed by atoms with Crippen LogP contribution in [0.2, 0.25) is 0 Å². The van der Waals surface area contributed by atoms with Crippen molar-refractivity contribution in [2.45, 2.75) is 37.6 Å². The Morgan fingerprint density at radius 1 is 1.11 bits per heavy atom. The Morgan fingerprint density at radius 3 is 2.48 bits per heavy atom. The number of nitrogens with zero attached hydrogens (tertiary/aromatic N) is 1. The predicted octanol–water partition coefficient (Wildman–Crippen LogP) is 3.42. The molecule has 0 radical (unpaired) electrons. The topological polar surface area (TPSA) is 63.7 Å². The third-order valence-electron chi connectivity index (χ3n) is 5.01. The summed E-state index contributed by atoms with van der Waals surface area (Å²) in [5, 5.41) is 0. The molecule has 2 aromatic carbocycles. The Kier molecular flexibility index (Phi) is 5.29. The number of rotatable bonds is 4. The molecule has 2 aromatic rings. The highest BCUT2D eigenvalue weighted by Gasteiger charge is 2.24. The quantitative estimate of drug-likeness (QED) is 0.806. The third kappa shape index (κ3) is 4.00. The molecular weight excluding hydrogens is 362 g/mol. The van der Waals surface area contributed by atoms with Gasteiger partial charge in [-0.15, -0.1) is 0 Å². The van der Waals surface area contributed by atoms with Crippen molar-refractivity contribution in [3.05, 3.63) is 58.7 Å². The maximum Gasteiger partial charge on any atom is 0.254 e. The van der Waals surface area contributed by atoms with Crippen molar-refractivity contribution in [3.63, 3.8) is 0 Å². The van der Waals surface area contributed by atoms with Crippen LogP contribution in [0, 0.1) is 0 Å². The van der Waals surface area contributed by atoms with Crippen LogP contribution < -0.4 is 4.74 Å². The van der Waals surface area contributed by atoms with Crippen molar-refractivity contribution in [1.29, 1.82) is 0 Å². The first-order valence-electron chi connectivity index (χ1n) is 8.99. The van der Waals surface area contributed by atoms with Crippen LogP contribution in [-0.4, -0.2) is 39.1 Å². The first kappa shape index (κ1) is 19.4. The average molecular weight is 388 g/mol. The lowest BCUT2D eigenvalue weighted by molar-refractivity contribution is 0.0734. The molecule has 0 N–H and O–H groups in total. The normalized spacial score (nSPS) is 14.2. The molecular formula is C21H25NO4S. The largest absolute Gasteiger partial charge is 0.495 e. The van der Waals surface area contributed by atoms with Gasteiger partial charge >= 0.3 is 0 Å². The van der Waals surface area contributed by atoms with Gasteiger partial charge in [0, 0.05) is 24.9 Å². The second-order valence-corrected chi connectivity index (χ2v) is 9.28. The maximum absolute atomic E-state index is 13.0. The third-order valence-corrected chi connectivity index (χ3v) is 6.12. The Bertz CT molecular complexity index is 980. The first-order chi connectivity index (χ1) is 12.7. The second kappa shape index (κ2) is 7.35. The number of ether oxygens (including phenoxy) is 1. The summed E-state index contributed by atoms with van der Waals surface area (Å²) in [6.45, 7) is 5.46. The van der Waals surface area contributed by atoms with E-state index in [1.165, 1.54) is 24.3 Å². The average Bonchev–Trinajstić information content (AvgIpc) is 2.65. The zero-order valence-electron chi connectivity index (χ0n) is 16.2. The lowest BCUT2D eigenvalue weighted by Gasteiger charge is -2.30. The molecule has 0 atom stereocenters. The molecule has 0 saturated heterocycles. The van der Waals surface area contributed by atoms with Crippen LogP contribution in [0.15, 0.2) is 41.3 Å². The van der Waals surface area contributed by atoms with Gasteiger partial charge in [0.2, 0.25) is 0 Å². The predicted molar refractivity (Wildman–Crippen MR) is 105 cm³/mol. The van der Waals surface area contributed by atoms with E-state index in [1.54, 1.807) is 17.0 Å². The number of amides is 1. The fourth-order valence-corrected chi connectivity index (χ4v) is 4.25. The summed E-state index contributed by atoms with van der Waals surface area (Å²) < 4.78 is 29.2. The molecule has 0 saturated carbocycles. The first-order valence-corrected chi connectivity index (χ1v) is 10.9. The highest BCUT2D eigenvalue weighted by atomic mass is 32.2. The minimum atomic E-state index is -3.49. The lowest BCUT2D eigenvalue weighted by atomic mass is 9.93. The van der Waals surface area contributed by atoms with Gasteiger partial charge in [0.15, 0.2) is 9.84 Å².